The lowest BCUT2D eigenvalue weighted by Gasteiger charge is -2.09. The van der Waals surface area contributed by atoms with Crippen molar-refractivity contribution in [1.29, 1.82) is 0 Å². The average Bonchev–Trinajstić information content (AvgIpc) is 2.92. The van der Waals surface area contributed by atoms with Crippen molar-refractivity contribution < 1.29 is 18.4 Å². The van der Waals surface area contributed by atoms with Gasteiger partial charge in [-0.25, -0.2) is 13.8 Å². The fourth-order valence-corrected chi connectivity index (χ4v) is 2.64. The Labute approximate surface area is 157 Å². The number of fused-ring (bicyclic) bond motifs is 1. The maximum Gasteiger partial charge on any atom is 0.248 e. The number of halogens is 3. The lowest BCUT2D eigenvalue weighted by atomic mass is 10.2. The Kier molecular flexibility index (Phi) is 5.18. The van der Waals surface area contributed by atoms with Gasteiger partial charge in [0, 0.05) is 25.3 Å². The molecule has 138 valence electrons. The van der Waals surface area contributed by atoms with Crippen molar-refractivity contribution in [3.05, 3.63) is 65.1 Å². The van der Waals surface area contributed by atoms with Gasteiger partial charge in [-0.05, 0) is 24.3 Å². The minimum Gasteiger partial charge on any atom is -0.324 e. The SMILES string of the molecule is CC(=O)Nc1cc(NC(=O)/C=C/c2c(Cl)nc3ccccn23)c(F)cc1F. The topological polar surface area (TPSA) is 75.5 Å². The molecule has 3 rings (SSSR count). The molecule has 0 spiro atoms. The van der Waals surface area contributed by atoms with Crippen LogP contribution in [0.1, 0.15) is 12.6 Å². The van der Waals surface area contributed by atoms with Gasteiger partial charge < -0.3 is 10.6 Å². The highest BCUT2D eigenvalue weighted by molar-refractivity contribution is 6.31. The van der Waals surface area contributed by atoms with E-state index in [0.29, 0.717) is 17.4 Å². The third-order valence-electron chi connectivity index (χ3n) is 3.54. The number of nitrogens with zero attached hydrogens (tertiary/aromatic N) is 2. The quantitative estimate of drug-likeness (QED) is 0.664. The molecule has 0 saturated heterocycles. The number of hydrogen-bond acceptors (Lipinski definition) is 3. The third-order valence-corrected chi connectivity index (χ3v) is 3.82. The number of benzene rings is 1. The van der Waals surface area contributed by atoms with Gasteiger partial charge in [0.1, 0.15) is 17.3 Å². The van der Waals surface area contributed by atoms with Crippen molar-refractivity contribution in [2.45, 2.75) is 6.92 Å². The van der Waals surface area contributed by atoms with E-state index in [4.69, 9.17) is 11.6 Å². The van der Waals surface area contributed by atoms with E-state index < -0.39 is 23.4 Å². The van der Waals surface area contributed by atoms with E-state index in [1.807, 2.05) is 0 Å². The van der Waals surface area contributed by atoms with Crippen molar-refractivity contribution >= 4 is 46.5 Å². The van der Waals surface area contributed by atoms with Crippen LogP contribution in [-0.4, -0.2) is 21.2 Å². The second-order valence-electron chi connectivity index (χ2n) is 5.53. The molecule has 2 N–H and O–H groups in total. The summed E-state index contributed by atoms with van der Waals surface area (Å²) < 4.78 is 29.2. The highest BCUT2D eigenvalue weighted by Crippen LogP contribution is 2.24. The number of hydrogen-bond donors (Lipinski definition) is 2. The molecule has 2 aromatic heterocycles. The van der Waals surface area contributed by atoms with Gasteiger partial charge in [-0.2, -0.15) is 0 Å². The van der Waals surface area contributed by atoms with Crippen LogP contribution in [0.25, 0.3) is 11.7 Å². The summed E-state index contributed by atoms with van der Waals surface area (Å²) in [7, 11) is 0. The van der Waals surface area contributed by atoms with Crippen LogP contribution in [-0.2, 0) is 9.59 Å². The van der Waals surface area contributed by atoms with Crippen LogP contribution >= 0.6 is 11.6 Å². The number of aromatic nitrogens is 2. The van der Waals surface area contributed by atoms with E-state index in [-0.39, 0.29) is 16.5 Å². The monoisotopic (exact) mass is 390 g/mol. The Bertz CT molecular complexity index is 1080. The van der Waals surface area contributed by atoms with Crippen LogP contribution in [0.3, 0.4) is 0 Å². The van der Waals surface area contributed by atoms with E-state index in [9.17, 15) is 18.4 Å². The van der Waals surface area contributed by atoms with Crippen LogP contribution in [0, 0.1) is 11.6 Å². The van der Waals surface area contributed by atoms with Crippen molar-refractivity contribution in [3.63, 3.8) is 0 Å². The molecule has 2 amide bonds. The lowest BCUT2D eigenvalue weighted by molar-refractivity contribution is -0.114. The second kappa shape index (κ2) is 7.55. The number of imidazole rings is 1. The standard InChI is InChI=1S/C18H13ClF2N4O2/c1-10(26)22-13-9-14(12(21)8-11(13)20)23-17(27)6-5-15-18(19)24-16-4-2-3-7-25(15)16/h2-9H,1H3,(H,22,26)(H,23,27)/b6-5+. The zero-order chi connectivity index (χ0) is 19.6. The molecule has 0 aliphatic rings. The second-order valence-corrected chi connectivity index (χ2v) is 5.89. The summed E-state index contributed by atoms with van der Waals surface area (Å²) in [6.07, 6.45) is 4.29. The molecular weight excluding hydrogens is 378 g/mol. The van der Waals surface area contributed by atoms with Gasteiger partial charge in [-0.15, -0.1) is 0 Å². The number of carbonyl (C=O) groups excluding carboxylic acids is 2. The normalized spacial score (nSPS) is 11.1. The molecule has 1 aromatic carbocycles. The summed E-state index contributed by atoms with van der Waals surface area (Å²) in [4.78, 5) is 27.3. The molecule has 0 aliphatic carbocycles. The highest BCUT2D eigenvalue weighted by atomic mass is 35.5. The van der Waals surface area contributed by atoms with Gasteiger partial charge in [0.05, 0.1) is 17.1 Å². The van der Waals surface area contributed by atoms with Gasteiger partial charge in [-0.3, -0.25) is 14.0 Å². The van der Waals surface area contributed by atoms with Gasteiger partial charge >= 0.3 is 0 Å². The molecule has 3 aromatic rings. The van der Waals surface area contributed by atoms with Crippen LogP contribution in [0.15, 0.2) is 42.6 Å². The molecule has 6 nitrogen and oxygen atoms in total. The molecule has 0 atom stereocenters. The number of anilines is 2. The first kappa shape index (κ1) is 18.5. The smallest absolute Gasteiger partial charge is 0.248 e. The Morgan fingerprint density at radius 2 is 1.85 bits per heavy atom. The first-order valence-electron chi connectivity index (χ1n) is 7.73. The Morgan fingerprint density at radius 1 is 1.15 bits per heavy atom. The van der Waals surface area contributed by atoms with Crippen LogP contribution in [0.5, 0.6) is 0 Å². The Morgan fingerprint density at radius 3 is 2.56 bits per heavy atom. The predicted molar refractivity (Wildman–Crippen MR) is 98.5 cm³/mol. The molecule has 27 heavy (non-hydrogen) atoms. The van der Waals surface area contributed by atoms with Gasteiger partial charge in [0.2, 0.25) is 11.8 Å². The molecule has 2 heterocycles. The highest BCUT2D eigenvalue weighted by Gasteiger charge is 2.13. The number of pyridine rings is 1. The molecule has 0 radical (unpaired) electrons. The van der Waals surface area contributed by atoms with Crippen LogP contribution in [0.2, 0.25) is 5.15 Å². The molecule has 9 heteroatoms. The first-order chi connectivity index (χ1) is 12.8. The van der Waals surface area contributed by atoms with Crippen molar-refractivity contribution in [1.82, 2.24) is 9.38 Å². The molecule has 0 saturated carbocycles. The molecule has 0 bridgehead atoms. The molecule has 0 fully saturated rings. The number of nitrogens with one attached hydrogen (secondary N) is 2. The van der Waals surface area contributed by atoms with Crippen LogP contribution in [0.4, 0.5) is 20.2 Å². The average molecular weight is 391 g/mol. The van der Waals surface area contributed by atoms with Gasteiger partial charge in [-0.1, -0.05) is 17.7 Å². The summed E-state index contributed by atoms with van der Waals surface area (Å²) in [6.45, 7) is 1.18. The van der Waals surface area contributed by atoms with E-state index >= 15 is 0 Å². The van der Waals surface area contributed by atoms with E-state index in [0.717, 1.165) is 12.1 Å². The minimum atomic E-state index is -0.976. The van der Waals surface area contributed by atoms with E-state index in [1.165, 1.54) is 13.0 Å². The molecule has 0 aliphatic heterocycles. The number of amides is 2. The number of carbonyl (C=O) groups is 2. The summed E-state index contributed by atoms with van der Waals surface area (Å²) in [5, 5.41) is 4.71. The predicted octanol–water partition coefficient (Wildman–Crippen LogP) is 3.88. The fraction of sp³-hybridized carbons (Fsp3) is 0.0556. The summed E-state index contributed by atoms with van der Waals surface area (Å²) >= 11 is 6.07. The largest absolute Gasteiger partial charge is 0.324 e. The molecule has 0 unspecified atom stereocenters. The maximum absolute atomic E-state index is 13.9. The Hall–Kier alpha value is -3.26. The van der Waals surface area contributed by atoms with E-state index in [1.54, 1.807) is 28.8 Å². The summed E-state index contributed by atoms with van der Waals surface area (Å²) in [6, 6.07) is 6.90. The lowest BCUT2D eigenvalue weighted by Crippen LogP contribution is -2.12. The van der Waals surface area contributed by atoms with Gasteiger partial charge in [0.25, 0.3) is 0 Å². The molecular formula is C18H13ClF2N4O2. The van der Waals surface area contributed by atoms with Crippen molar-refractivity contribution in [2.75, 3.05) is 10.6 Å². The third kappa shape index (κ3) is 4.12. The van der Waals surface area contributed by atoms with Crippen molar-refractivity contribution in [2.24, 2.45) is 0 Å². The summed E-state index contributed by atoms with van der Waals surface area (Å²) in [5.74, 6) is -3.12. The zero-order valence-corrected chi connectivity index (χ0v) is 14.7. The van der Waals surface area contributed by atoms with Crippen LogP contribution < -0.4 is 10.6 Å². The van der Waals surface area contributed by atoms with Gasteiger partial charge in [0.15, 0.2) is 5.15 Å². The minimum absolute atomic E-state index is 0.200. The number of rotatable bonds is 4. The zero-order valence-electron chi connectivity index (χ0n) is 14.0. The van der Waals surface area contributed by atoms with E-state index in [2.05, 4.69) is 15.6 Å². The summed E-state index contributed by atoms with van der Waals surface area (Å²) in [5.41, 5.74) is 0.556. The first-order valence-corrected chi connectivity index (χ1v) is 8.11. The fourth-order valence-electron chi connectivity index (χ4n) is 2.39. The maximum atomic E-state index is 13.9. The van der Waals surface area contributed by atoms with Crippen molar-refractivity contribution in [3.8, 4) is 0 Å². The Balaban J connectivity index is 1.82.